The van der Waals surface area contributed by atoms with Crippen LogP contribution in [0.1, 0.15) is 42.1 Å². The molecule has 0 amide bonds. The number of nitrogens with one attached hydrogen (secondary N) is 1. The van der Waals surface area contributed by atoms with E-state index in [1.165, 1.54) is 13.8 Å². The average molecular weight is 367 g/mol. The SMILES string of the molecule is CNC(c1c(C(F)(F)F)ccc(C(F)(F)F)c1C(F)(F)F)C(C)C. The summed E-state index contributed by atoms with van der Waals surface area (Å²) in [5.41, 5.74) is -7.63. The van der Waals surface area contributed by atoms with Gasteiger partial charge in [-0.2, -0.15) is 39.5 Å². The van der Waals surface area contributed by atoms with Crippen LogP contribution >= 0.6 is 0 Å². The topological polar surface area (TPSA) is 12.0 Å². The fourth-order valence-electron chi connectivity index (χ4n) is 2.54. The second kappa shape index (κ2) is 6.45. The maximum absolute atomic E-state index is 13.3. The van der Waals surface area contributed by atoms with E-state index in [1.807, 2.05) is 0 Å². The van der Waals surface area contributed by atoms with Gasteiger partial charge in [0, 0.05) is 6.04 Å². The molecule has 0 spiro atoms. The Labute approximate surface area is 131 Å². The number of hydrogen-bond acceptors (Lipinski definition) is 1. The van der Waals surface area contributed by atoms with Crippen molar-refractivity contribution >= 4 is 0 Å². The molecule has 0 bridgehead atoms. The molecule has 1 unspecified atom stereocenters. The minimum Gasteiger partial charge on any atom is -0.313 e. The maximum Gasteiger partial charge on any atom is 0.417 e. The summed E-state index contributed by atoms with van der Waals surface area (Å²) in [6.07, 6.45) is -16.3. The number of hydrogen-bond donors (Lipinski definition) is 1. The fourth-order valence-corrected chi connectivity index (χ4v) is 2.54. The summed E-state index contributed by atoms with van der Waals surface area (Å²) < 4.78 is 118. The summed E-state index contributed by atoms with van der Waals surface area (Å²) in [5.74, 6) is -0.819. The summed E-state index contributed by atoms with van der Waals surface area (Å²) in [5, 5.41) is 2.25. The third-order valence-corrected chi connectivity index (χ3v) is 3.43. The Morgan fingerprint density at radius 2 is 1.17 bits per heavy atom. The predicted octanol–water partition coefficient (Wildman–Crippen LogP) is 5.66. The van der Waals surface area contributed by atoms with Crippen molar-refractivity contribution in [3.63, 3.8) is 0 Å². The van der Waals surface area contributed by atoms with E-state index in [2.05, 4.69) is 5.32 Å². The van der Waals surface area contributed by atoms with Gasteiger partial charge < -0.3 is 5.32 Å². The Kier molecular flexibility index (Phi) is 5.54. The smallest absolute Gasteiger partial charge is 0.313 e. The van der Waals surface area contributed by atoms with Crippen LogP contribution < -0.4 is 5.32 Å². The summed E-state index contributed by atoms with van der Waals surface area (Å²) in [6, 6.07) is -1.71. The Morgan fingerprint density at radius 3 is 1.46 bits per heavy atom. The molecule has 0 saturated carbocycles. The van der Waals surface area contributed by atoms with E-state index in [-0.39, 0.29) is 12.1 Å². The Morgan fingerprint density at radius 1 is 0.750 bits per heavy atom. The molecule has 0 aromatic heterocycles. The van der Waals surface area contributed by atoms with Crippen LogP contribution in [0.2, 0.25) is 0 Å². The van der Waals surface area contributed by atoms with Crippen LogP contribution in [0.5, 0.6) is 0 Å². The molecule has 0 aliphatic heterocycles. The van der Waals surface area contributed by atoms with E-state index < -0.39 is 52.7 Å². The first-order valence-corrected chi connectivity index (χ1v) is 6.68. The van der Waals surface area contributed by atoms with E-state index in [9.17, 15) is 39.5 Å². The predicted molar refractivity (Wildman–Crippen MR) is 68.1 cm³/mol. The molecule has 1 atom stereocenters. The van der Waals surface area contributed by atoms with Gasteiger partial charge in [0.25, 0.3) is 0 Å². The normalized spacial score (nSPS) is 15.0. The maximum atomic E-state index is 13.3. The first-order valence-electron chi connectivity index (χ1n) is 6.68. The van der Waals surface area contributed by atoms with Crippen LogP contribution in [0.15, 0.2) is 12.1 Å². The van der Waals surface area contributed by atoms with E-state index in [4.69, 9.17) is 0 Å². The molecule has 1 rings (SSSR count). The first-order chi connectivity index (χ1) is 10.6. The number of alkyl halides is 9. The highest BCUT2D eigenvalue weighted by atomic mass is 19.4. The van der Waals surface area contributed by atoms with Crippen molar-refractivity contribution in [2.75, 3.05) is 7.05 Å². The Hall–Kier alpha value is -1.45. The number of halogens is 9. The third kappa shape index (κ3) is 4.14. The van der Waals surface area contributed by atoms with E-state index in [0.717, 1.165) is 7.05 Å². The van der Waals surface area contributed by atoms with Gasteiger partial charge in [-0.25, -0.2) is 0 Å². The van der Waals surface area contributed by atoms with Crippen molar-refractivity contribution in [2.45, 2.75) is 38.4 Å². The lowest BCUT2D eigenvalue weighted by Crippen LogP contribution is -2.31. The van der Waals surface area contributed by atoms with Crippen LogP contribution in [0.25, 0.3) is 0 Å². The lowest BCUT2D eigenvalue weighted by molar-refractivity contribution is -0.164. The monoisotopic (exact) mass is 367 g/mol. The van der Waals surface area contributed by atoms with Gasteiger partial charge >= 0.3 is 18.5 Å². The van der Waals surface area contributed by atoms with Crippen molar-refractivity contribution in [2.24, 2.45) is 5.92 Å². The summed E-state index contributed by atoms with van der Waals surface area (Å²) in [4.78, 5) is 0. The molecule has 0 saturated heterocycles. The van der Waals surface area contributed by atoms with Crippen molar-refractivity contribution in [1.29, 1.82) is 0 Å². The van der Waals surface area contributed by atoms with Gasteiger partial charge in [-0.1, -0.05) is 13.8 Å². The van der Waals surface area contributed by atoms with Crippen LogP contribution in [-0.2, 0) is 18.5 Å². The molecule has 1 nitrogen and oxygen atoms in total. The molecule has 1 N–H and O–H groups in total. The first kappa shape index (κ1) is 20.6. The standard InChI is InChI=1S/C14H14F9N/c1-6(2)11(24-3)9-7(12(15,16)17)4-5-8(13(18,19)20)10(9)14(21,22)23/h4-6,11,24H,1-3H3. The molecule has 0 fully saturated rings. The molecule has 138 valence electrons. The second-order valence-corrected chi connectivity index (χ2v) is 5.45. The van der Waals surface area contributed by atoms with Crippen LogP contribution in [0.4, 0.5) is 39.5 Å². The molecular formula is C14H14F9N. The molecule has 24 heavy (non-hydrogen) atoms. The van der Waals surface area contributed by atoms with Gasteiger partial charge in [-0.05, 0) is 30.7 Å². The minimum absolute atomic E-state index is 0.0418. The lowest BCUT2D eigenvalue weighted by Gasteiger charge is -2.30. The van der Waals surface area contributed by atoms with Gasteiger partial charge in [-0.15, -0.1) is 0 Å². The summed E-state index contributed by atoms with van der Waals surface area (Å²) in [7, 11) is 1.09. The van der Waals surface area contributed by atoms with Crippen molar-refractivity contribution in [3.05, 3.63) is 34.4 Å². The lowest BCUT2D eigenvalue weighted by atomic mass is 9.85. The quantitative estimate of drug-likeness (QED) is 0.680. The van der Waals surface area contributed by atoms with Gasteiger partial charge in [0.2, 0.25) is 0 Å². The van der Waals surface area contributed by atoms with Crippen molar-refractivity contribution < 1.29 is 39.5 Å². The fraction of sp³-hybridized carbons (Fsp3) is 0.571. The van der Waals surface area contributed by atoms with Crippen molar-refractivity contribution in [3.8, 4) is 0 Å². The zero-order valence-electron chi connectivity index (χ0n) is 12.7. The van der Waals surface area contributed by atoms with E-state index in [0.29, 0.717) is 0 Å². The highest BCUT2D eigenvalue weighted by Crippen LogP contribution is 2.48. The Balaban J connectivity index is 4.02. The van der Waals surface area contributed by atoms with Gasteiger partial charge in [0.1, 0.15) is 0 Å². The molecule has 0 heterocycles. The molecule has 0 radical (unpaired) electrons. The minimum atomic E-state index is -5.61. The summed E-state index contributed by atoms with van der Waals surface area (Å²) >= 11 is 0. The third-order valence-electron chi connectivity index (χ3n) is 3.43. The molecular weight excluding hydrogens is 353 g/mol. The Bertz CT molecular complexity index is 582. The molecule has 0 aliphatic rings. The largest absolute Gasteiger partial charge is 0.417 e. The highest BCUT2D eigenvalue weighted by Gasteiger charge is 2.49. The van der Waals surface area contributed by atoms with Gasteiger partial charge in [-0.3, -0.25) is 0 Å². The number of benzene rings is 1. The average Bonchev–Trinajstić information content (AvgIpc) is 2.34. The second-order valence-electron chi connectivity index (χ2n) is 5.45. The molecule has 1 aromatic rings. The highest BCUT2D eigenvalue weighted by molar-refractivity contribution is 5.47. The van der Waals surface area contributed by atoms with Crippen LogP contribution in [0, 0.1) is 5.92 Å². The molecule has 1 aromatic carbocycles. The van der Waals surface area contributed by atoms with E-state index in [1.54, 1.807) is 0 Å². The van der Waals surface area contributed by atoms with Crippen LogP contribution in [0.3, 0.4) is 0 Å². The van der Waals surface area contributed by atoms with Gasteiger partial charge in [0.05, 0.1) is 16.7 Å². The molecule has 10 heteroatoms. The van der Waals surface area contributed by atoms with Gasteiger partial charge in [0.15, 0.2) is 0 Å². The van der Waals surface area contributed by atoms with Crippen molar-refractivity contribution in [1.82, 2.24) is 5.32 Å². The zero-order valence-corrected chi connectivity index (χ0v) is 12.7. The summed E-state index contributed by atoms with van der Waals surface area (Å²) in [6.45, 7) is 2.61. The zero-order chi connectivity index (χ0) is 19.1. The number of rotatable bonds is 3. The molecule has 0 aliphatic carbocycles. The van der Waals surface area contributed by atoms with Crippen LogP contribution in [-0.4, -0.2) is 7.05 Å². The van der Waals surface area contributed by atoms with E-state index >= 15 is 0 Å².